The molecule has 0 fully saturated rings. The van der Waals surface area contributed by atoms with Crippen LogP contribution >= 0.6 is 0 Å². The summed E-state index contributed by atoms with van der Waals surface area (Å²) in [6.07, 6.45) is 7.93. The Morgan fingerprint density at radius 1 is 1.18 bits per heavy atom. The Kier molecular flexibility index (Phi) is 6.03. The van der Waals surface area contributed by atoms with Crippen LogP contribution in [0.5, 0.6) is 0 Å². The van der Waals surface area contributed by atoms with E-state index in [1.807, 2.05) is 55.5 Å². The van der Waals surface area contributed by atoms with Crippen molar-refractivity contribution < 1.29 is 4.79 Å². The number of nitrogens with zero attached hydrogens (tertiary/aromatic N) is 3. The second-order valence-corrected chi connectivity index (χ2v) is 5.57. The van der Waals surface area contributed by atoms with Gasteiger partial charge in [0.25, 0.3) is 0 Å². The zero-order valence-electron chi connectivity index (χ0n) is 13.1. The van der Waals surface area contributed by atoms with Crippen LogP contribution < -0.4 is 5.32 Å². The molecule has 1 N–H and O–H groups in total. The molecule has 1 atom stereocenters. The van der Waals surface area contributed by atoms with Crippen molar-refractivity contribution in [3.05, 3.63) is 60.2 Å². The van der Waals surface area contributed by atoms with Crippen LogP contribution in [0.3, 0.4) is 0 Å². The van der Waals surface area contributed by atoms with Crippen LogP contribution in [0.4, 0.5) is 0 Å². The topological polar surface area (TPSA) is 58.1 Å². The molecule has 2 heterocycles. The Morgan fingerprint density at radius 3 is 2.41 bits per heavy atom. The molecular weight excluding hydrogens is 276 g/mol. The van der Waals surface area contributed by atoms with Gasteiger partial charge in [0.1, 0.15) is 0 Å². The van der Waals surface area contributed by atoms with Crippen LogP contribution in [-0.4, -0.2) is 40.4 Å². The number of hydrogen-bond acceptors (Lipinski definition) is 4. The highest BCUT2D eigenvalue weighted by atomic mass is 16.2. The first-order valence-corrected chi connectivity index (χ1v) is 7.39. The highest BCUT2D eigenvalue weighted by Gasteiger charge is 2.11. The third-order valence-corrected chi connectivity index (χ3v) is 3.26. The minimum atomic E-state index is 0.0304. The van der Waals surface area contributed by atoms with Gasteiger partial charge < -0.3 is 5.32 Å². The third-order valence-electron chi connectivity index (χ3n) is 3.26. The molecule has 5 heteroatoms. The standard InChI is InChI=1S/C17H22N4O/c1-14(9-15-5-3-7-18-10-15)20-17(22)13-21(2)12-16-6-4-8-19-11-16/h3-8,10-11,14H,9,12-13H2,1-2H3,(H,20,22)/t14-/m0/s1. The monoisotopic (exact) mass is 298 g/mol. The van der Waals surface area contributed by atoms with Crippen molar-refractivity contribution in [3.8, 4) is 0 Å². The number of carbonyl (C=O) groups excluding carboxylic acids is 1. The van der Waals surface area contributed by atoms with E-state index in [1.54, 1.807) is 12.4 Å². The van der Waals surface area contributed by atoms with Crippen molar-refractivity contribution in [1.82, 2.24) is 20.2 Å². The van der Waals surface area contributed by atoms with Gasteiger partial charge in [-0.15, -0.1) is 0 Å². The van der Waals surface area contributed by atoms with Crippen molar-refractivity contribution in [2.75, 3.05) is 13.6 Å². The summed E-state index contributed by atoms with van der Waals surface area (Å²) >= 11 is 0. The van der Waals surface area contributed by atoms with Crippen LogP contribution in [0.2, 0.25) is 0 Å². The lowest BCUT2D eigenvalue weighted by Crippen LogP contribution is -2.40. The zero-order valence-corrected chi connectivity index (χ0v) is 13.1. The van der Waals surface area contributed by atoms with E-state index in [1.165, 1.54) is 0 Å². The molecule has 0 aliphatic rings. The van der Waals surface area contributed by atoms with Gasteiger partial charge in [0.15, 0.2) is 0 Å². The molecule has 0 spiro atoms. The Balaban J connectivity index is 1.75. The average Bonchev–Trinajstić information content (AvgIpc) is 2.48. The Morgan fingerprint density at radius 2 is 1.82 bits per heavy atom. The highest BCUT2D eigenvalue weighted by molar-refractivity contribution is 5.78. The van der Waals surface area contributed by atoms with E-state index in [2.05, 4.69) is 15.3 Å². The number of pyridine rings is 2. The van der Waals surface area contributed by atoms with Crippen molar-refractivity contribution in [2.24, 2.45) is 0 Å². The average molecular weight is 298 g/mol. The second-order valence-electron chi connectivity index (χ2n) is 5.57. The maximum atomic E-state index is 12.1. The summed E-state index contributed by atoms with van der Waals surface area (Å²) in [7, 11) is 1.93. The molecule has 2 aromatic rings. The molecule has 116 valence electrons. The van der Waals surface area contributed by atoms with Gasteiger partial charge in [-0.1, -0.05) is 12.1 Å². The normalized spacial score (nSPS) is 12.1. The SMILES string of the molecule is C[C@@H](Cc1cccnc1)NC(=O)CN(C)Cc1cccnc1. The van der Waals surface area contributed by atoms with Crippen molar-refractivity contribution in [1.29, 1.82) is 0 Å². The van der Waals surface area contributed by atoms with E-state index < -0.39 is 0 Å². The molecule has 0 saturated heterocycles. The van der Waals surface area contributed by atoms with E-state index in [0.29, 0.717) is 13.1 Å². The van der Waals surface area contributed by atoms with Crippen molar-refractivity contribution in [2.45, 2.75) is 25.9 Å². The summed E-state index contributed by atoms with van der Waals surface area (Å²) in [5.74, 6) is 0.0304. The molecule has 0 saturated carbocycles. The molecule has 0 unspecified atom stereocenters. The molecule has 0 bridgehead atoms. The molecule has 5 nitrogen and oxygen atoms in total. The number of nitrogens with one attached hydrogen (secondary N) is 1. The summed E-state index contributed by atoms with van der Waals surface area (Å²) < 4.78 is 0. The molecule has 22 heavy (non-hydrogen) atoms. The lowest BCUT2D eigenvalue weighted by molar-refractivity contribution is -0.122. The van der Waals surface area contributed by atoms with E-state index in [9.17, 15) is 4.79 Å². The largest absolute Gasteiger partial charge is 0.352 e. The Bertz CT molecular complexity index is 522. The molecule has 2 aromatic heterocycles. The lowest BCUT2D eigenvalue weighted by Gasteiger charge is -2.19. The van der Waals surface area contributed by atoms with E-state index in [-0.39, 0.29) is 11.9 Å². The van der Waals surface area contributed by atoms with Gasteiger partial charge in [-0.2, -0.15) is 0 Å². The smallest absolute Gasteiger partial charge is 0.234 e. The summed E-state index contributed by atoms with van der Waals surface area (Å²) in [4.78, 5) is 22.2. The number of hydrogen-bond donors (Lipinski definition) is 1. The number of carbonyl (C=O) groups is 1. The molecule has 0 aliphatic carbocycles. The fourth-order valence-corrected chi connectivity index (χ4v) is 2.35. The van der Waals surface area contributed by atoms with Crippen LogP contribution in [0, 0.1) is 0 Å². The fourth-order valence-electron chi connectivity index (χ4n) is 2.35. The Labute approximate surface area is 131 Å². The molecule has 2 rings (SSSR count). The van der Waals surface area contributed by atoms with E-state index in [4.69, 9.17) is 0 Å². The first-order valence-electron chi connectivity index (χ1n) is 7.39. The van der Waals surface area contributed by atoms with Gasteiger partial charge in [0, 0.05) is 37.4 Å². The van der Waals surface area contributed by atoms with Crippen LogP contribution in [0.25, 0.3) is 0 Å². The van der Waals surface area contributed by atoms with Crippen LogP contribution in [-0.2, 0) is 17.8 Å². The summed E-state index contributed by atoms with van der Waals surface area (Å²) in [5.41, 5.74) is 2.22. The maximum Gasteiger partial charge on any atom is 0.234 e. The fraction of sp³-hybridized carbons (Fsp3) is 0.353. The molecular formula is C17H22N4O. The van der Waals surface area contributed by atoms with Crippen molar-refractivity contribution >= 4 is 5.91 Å². The maximum absolute atomic E-state index is 12.1. The van der Waals surface area contributed by atoms with Gasteiger partial charge in [-0.25, -0.2) is 0 Å². The Hall–Kier alpha value is -2.27. The predicted molar refractivity (Wildman–Crippen MR) is 86.1 cm³/mol. The second kappa shape index (κ2) is 8.24. The van der Waals surface area contributed by atoms with E-state index in [0.717, 1.165) is 17.5 Å². The zero-order chi connectivity index (χ0) is 15.8. The van der Waals surface area contributed by atoms with Gasteiger partial charge in [-0.3, -0.25) is 19.7 Å². The molecule has 1 amide bonds. The van der Waals surface area contributed by atoms with Crippen molar-refractivity contribution in [3.63, 3.8) is 0 Å². The molecule has 0 radical (unpaired) electrons. The summed E-state index contributed by atoms with van der Waals surface area (Å²) in [6, 6.07) is 7.92. The number of amides is 1. The van der Waals surface area contributed by atoms with Gasteiger partial charge in [0.05, 0.1) is 6.54 Å². The quantitative estimate of drug-likeness (QED) is 0.844. The van der Waals surface area contributed by atoms with Gasteiger partial charge in [0.2, 0.25) is 5.91 Å². The van der Waals surface area contributed by atoms with Crippen LogP contribution in [0.1, 0.15) is 18.1 Å². The summed E-state index contributed by atoms with van der Waals surface area (Å²) in [5, 5.41) is 3.02. The van der Waals surface area contributed by atoms with Gasteiger partial charge in [-0.05, 0) is 43.7 Å². The lowest BCUT2D eigenvalue weighted by atomic mass is 10.1. The number of likely N-dealkylation sites (N-methyl/N-ethyl adjacent to an activating group) is 1. The predicted octanol–water partition coefficient (Wildman–Crippen LogP) is 1.66. The minimum Gasteiger partial charge on any atom is -0.352 e. The minimum absolute atomic E-state index is 0.0304. The van der Waals surface area contributed by atoms with Gasteiger partial charge >= 0.3 is 0 Å². The number of rotatable bonds is 7. The first kappa shape index (κ1) is 16.1. The van der Waals surface area contributed by atoms with E-state index >= 15 is 0 Å². The molecule has 0 aliphatic heterocycles. The first-order chi connectivity index (χ1) is 10.6. The molecule has 0 aromatic carbocycles. The summed E-state index contributed by atoms with van der Waals surface area (Å²) in [6.45, 7) is 3.08. The third kappa shape index (κ3) is 5.61. The number of aromatic nitrogens is 2. The van der Waals surface area contributed by atoms with Crippen LogP contribution in [0.15, 0.2) is 49.1 Å². The highest BCUT2D eigenvalue weighted by Crippen LogP contribution is 2.02.